The first-order valence-corrected chi connectivity index (χ1v) is 6.14. The number of rotatable bonds is 4. The van der Waals surface area contributed by atoms with E-state index in [9.17, 15) is 23.1 Å². The number of furan rings is 1. The standard InChI is InChI=1S/C12H15F3N2O3/c13-12(14,15)7-17(6-9-2-1-3-20-9)11(19)10-4-8(18)5-16-10/h1-3,8,10,16,18H,4-7H2. The van der Waals surface area contributed by atoms with Gasteiger partial charge in [0.1, 0.15) is 12.3 Å². The first-order valence-electron chi connectivity index (χ1n) is 6.14. The van der Waals surface area contributed by atoms with Crippen LogP contribution in [0.15, 0.2) is 22.8 Å². The van der Waals surface area contributed by atoms with Gasteiger partial charge in [0.05, 0.1) is 25.0 Å². The van der Waals surface area contributed by atoms with E-state index in [-0.39, 0.29) is 25.3 Å². The lowest BCUT2D eigenvalue weighted by Gasteiger charge is -2.25. The van der Waals surface area contributed by atoms with Crippen molar-refractivity contribution in [2.24, 2.45) is 0 Å². The second-order valence-corrected chi connectivity index (χ2v) is 4.74. The SMILES string of the molecule is O=C(C1CC(O)CN1)N(Cc1ccco1)CC(F)(F)F. The summed E-state index contributed by atoms with van der Waals surface area (Å²) in [5.41, 5.74) is 0. The number of aliphatic hydroxyl groups is 1. The van der Waals surface area contributed by atoms with Crippen LogP contribution in [-0.2, 0) is 11.3 Å². The van der Waals surface area contributed by atoms with Crippen LogP contribution in [0.25, 0.3) is 0 Å². The van der Waals surface area contributed by atoms with Crippen molar-refractivity contribution >= 4 is 5.91 Å². The first-order chi connectivity index (χ1) is 9.35. The van der Waals surface area contributed by atoms with Gasteiger partial charge in [0.25, 0.3) is 0 Å². The van der Waals surface area contributed by atoms with E-state index >= 15 is 0 Å². The van der Waals surface area contributed by atoms with Gasteiger partial charge in [0.15, 0.2) is 0 Å². The minimum atomic E-state index is -4.49. The molecule has 0 saturated carbocycles. The predicted molar refractivity (Wildman–Crippen MR) is 62.6 cm³/mol. The van der Waals surface area contributed by atoms with Crippen LogP contribution in [0.5, 0.6) is 0 Å². The van der Waals surface area contributed by atoms with Crippen molar-refractivity contribution in [2.75, 3.05) is 13.1 Å². The highest BCUT2D eigenvalue weighted by Crippen LogP contribution is 2.20. The molecule has 1 fully saturated rings. The Morgan fingerprint density at radius 1 is 1.55 bits per heavy atom. The van der Waals surface area contributed by atoms with Crippen molar-refractivity contribution in [2.45, 2.75) is 31.3 Å². The molecule has 5 nitrogen and oxygen atoms in total. The average Bonchev–Trinajstić information content (AvgIpc) is 2.97. The summed E-state index contributed by atoms with van der Waals surface area (Å²) < 4.78 is 42.7. The Kier molecular flexibility index (Phi) is 4.34. The Labute approximate surface area is 113 Å². The van der Waals surface area contributed by atoms with Crippen molar-refractivity contribution in [3.63, 3.8) is 0 Å². The molecule has 0 aromatic carbocycles. The van der Waals surface area contributed by atoms with Gasteiger partial charge in [0.2, 0.25) is 5.91 Å². The average molecular weight is 292 g/mol. The lowest BCUT2D eigenvalue weighted by molar-refractivity contribution is -0.164. The molecule has 2 rings (SSSR count). The van der Waals surface area contributed by atoms with E-state index in [1.54, 1.807) is 6.07 Å². The van der Waals surface area contributed by atoms with Crippen molar-refractivity contribution in [1.82, 2.24) is 10.2 Å². The van der Waals surface area contributed by atoms with E-state index in [1.165, 1.54) is 12.3 Å². The third-order valence-corrected chi connectivity index (χ3v) is 3.01. The van der Waals surface area contributed by atoms with E-state index in [2.05, 4.69) is 5.32 Å². The van der Waals surface area contributed by atoms with Crippen LogP contribution >= 0.6 is 0 Å². The van der Waals surface area contributed by atoms with Crippen molar-refractivity contribution in [3.05, 3.63) is 24.2 Å². The molecule has 112 valence electrons. The summed E-state index contributed by atoms with van der Waals surface area (Å²) in [5, 5.41) is 12.1. The maximum absolute atomic E-state index is 12.6. The molecular weight excluding hydrogens is 277 g/mol. The van der Waals surface area contributed by atoms with Gasteiger partial charge in [-0.05, 0) is 18.6 Å². The molecule has 20 heavy (non-hydrogen) atoms. The maximum Gasteiger partial charge on any atom is 0.406 e. The number of carbonyl (C=O) groups excluding carboxylic acids is 1. The highest BCUT2D eigenvalue weighted by molar-refractivity contribution is 5.82. The number of hydrogen-bond acceptors (Lipinski definition) is 4. The highest BCUT2D eigenvalue weighted by Gasteiger charge is 2.37. The van der Waals surface area contributed by atoms with Crippen LogP contribution in [0.3, 0.4) is 0 Å². The molecule has 2 atom stereocenters. The smallest absolute Gasteiger partial charge is 0.406 e. The normalized spacial score (nSPS) is 23.0. The summed E-state index contributed by atoms with van der Waals surface area (Å²) in [7, 11) is 0. The molecule has 1 saturated heterocycles. The summed E-state index contributed by atoms with van der Waals surface area (Å²) >= 11 is 0. The van der Waals surface area contributed by atoms with Gasteiger partial charge < -0.3 is 19.7 Å². The zero-order chi connectivity index (χ0) is 14.8. The molecule has 2 N–H and O–H groups in total. The number of carbonyl (C=O) groups is 1. The van der Waals surface area contributed by atoms with Crippen molar-refractivity contribution in [1.29, 1.82) is 0 Å². The highest BCUT2D eigenvalue weighted by atomic mass is 19.4. The zero-order valence-corrected chi connectivity index (χ0v) is 10.6. The van der Waals surface area contributed by atoms with Crippen LogP contribution < -0.4 is 5.32 Å². The molecule has 1 aliphatic rings. The molecule has 0 bridgehead atoms. The largest absolute Gasteiger partial charge is 0.467 e. The molecule has 0 radical (unpaired) electrons. The Balaban J connectivity index is 2.07. The molecule has 1 aromatic heterocycles. The minimum absolute atomic E-state index is 0.116. The van der Waals surface area contributed by atoms with E-state index in [1.807, 2.05) is 0 Å². The molecule has 2 heterocycles. The van der Waals surface area contributed by atoms with Gasteiger partial charge in [0, 0.05) is 6.54 Å². The maximum atomic E-state index is 12.6. The molecule has 8 heteroatoms. The second-order valence-electron chi connectivity index (χ2n) is 4.74. The summed E-state index contributed by atoms with van der Waals surface area (Å²) in [6.07, 6.45) is -3.74. The summed E-state index contributed by atoms with van der Waals surface area (Å²) in [6, 6.07) is 2.26. The Hall–Kier alpha value is -1.54. The Morgan fingerprint density at radius 3 is 2.80 bits per heavy atom. The number of aliphatic hydroxyl groups excluding tert-OH is 1. The van der Waals surface area contributed by atoms with Gasteiger partial charge in [-0.1, -0.05) is 0 Å². The number of alkyl halides is 3. The number of nitrogens with zero attached hydrogens (tertiary/aromatic N) is 1. The van der Waals surface area contributed by atoms with Gasteiger partial charge in [-0.2, -0.15) is 13.2 Å². The summed E-state index contributed by atoms with van der Waals surface area (Å²) in [5.74, 6) is -0.406. The van der Waals surface area contributed by atoms with E-state index in [0.29, 0.717) is 4.90 Å². The monoisotopic (exact) mass is 292 g/mol. The summed E-state index contributed by atoms with van der Waals surface area (Å²) in [4.78, 5) is 12.8. The van der Waals surface area contributed by atoms with Crippen molar-refractivity contribution < 1.29 is 27.5 Å². The fourth-order valence-corrected chi connectivity index (χ4v) is 2.14. The van der Waals surface area contributed by atoms with Crippen LogP contribution in [0.2, 0.25) is 0 Å². The minimum Gasteiger partial charge on any atom is -0.467 e. The lowest BCUT2D eigenvalue weighted by Crippen LogP contribution is -2.46. The van der Waals surface area contributed by atoms with Gasteiger partial charge >= 0.3 is 6.18 Å². The third kappa shape index (κ3) is 3.97. The Bertz CT molecular complexity index is 447. The second kappa shape index (κ2) is 5.84. The number of halogens is 3. The molecule has 1 aromatic rings. The van der Waals surface area contributed by atoms with Crippen LogP contribution in [0.4, 0.5) is 13.2 Å². The number of nitrogens with one attached hydrogen (secondary N) is 1. The Morgan fingerprint density at radius 2 is 2.30 bits per heavy atom. The van der Waals surface area contributed by atoms with E-state index in [0.717, 1.165) is 0 Å². The molecule has 1 aliphatic heterocycles. The van der Waals surface area contributed by atoms with Crippen molar-refractivity contribution in [3.8, 4) is 0 Å². The van der Waals surface area contributed by atoms with E-state index in [4.69, 9.17) is 4.42 Å². The molecular formula is C12H15F3N2O3. The fraction of sp³-hybridized carbons (Fsp3) is 0.583. The first kappa shape index (κ1) is 14.9. The van der Waals surface area contributed by atoms with E-state index < -0.39 is 30.8 Å². The van der Waals surface area contributed by atoms with Gasteiger partial charge in [-0.25, -0.2) is 0 Å². The molecule has 0 aliphatic carbocycles. The molecule has 0 spiro atoms. The summed E-state index contributed by atoms with van der Waals surface area (Å²) in [6.45, 7) is -1.39. The predicted octanol–water partition coefficient (Wildman–Crippen LogP) is 0.893. The molecule has 1 amide bonds. The number of β-amino-alcohol motifs (C(OH)–C–C–N with tert-alkyl or cyclic N) is 1. The quantitative estimate of drug-likeness (QED) is 0.865. The topological polar surface area (TPSA) is 65.7 Å². The molecule has 2 unspecified atom stereocenters. The lowest BCUT2D eigenvalue weighted by atomic mass is 10.1. The zero-order valence-electron chi connectivity index (χ0n) is 10.6. The number of hydrogen-bond donors (Lipinski definition) is 2. The van der Waals surface area contributed by atoms with Gasteiger partial charge in [-0.3, -0.25) is 4.79 Å². The van der Waals surface area contributed by atoms with Gasteiger partial charge in [-0.15, -0.1) is 0 Å². The third-order valence-electron chi connectivity index (χ3n) is 3.01. The number of amides is 1. The van der Waals surface area contributed by atoms with Crippen LogP contribution in [0, 0.1) is 0 Å². The fourth-order valence-electron chi connectivity index (χ4n) is 2.14. The van der Waals surface area contributed by atoms with Crippen LogP contribution in [0.1, 0.15) is 12.2 Å². The van der Waals surface area contributed by atoms with Crippen LogP contribution in [-0.4, -0.2) is 47.3 Å².